The SMILES string of the molecule is CNC(=O)c1ccc2c(c1)nc(-c1cc[nH]c1)n2-c1ccc2[nH]c(=O)[nH]c2c1. The minimum atomic E-state index is -0.247. The highest BCUT2D eigenvalue weighted by Crippen LogP contribution is 2.30. The van der Waals surface area contributed by atoms with E-state index >= 15 is 0 Å². The molecule has 0 atom stereocenters. The fourth-order valence-corrected chi connectivity index (χ4v) is 3.44. The number of benzene rings is 2. The molecule has 8 heteroatoms. The molecule has 0 fully saturated rings. The lowest BCUT2D eigenvalue weighted by Gasteiger charge is -2.09. The van der Waals surface area contributed by atoms with Gasteiger partial charge < -0.3 is 20.3 Å². The topological polar surface area (TPSA) is 111 Å². The minimum Gasteiger partial charge on any atom is -0.367 e. The van der Waals surface area contributed by atoms with Gasteiger partial charge in [0.2, 0.25) is 0 Å². The average molecular weight is 372 g/mol. The standard InChI is InChI=1S/C20H16N6O2/c1-21-19(27)11-2-5-17-16(8-11)23-18(12-6-7-22-10-12)26(17)13-3-4-14-15(9-13)25-20(28)24-14/h2-10,22H,1H3,(H,21,27)(H2,24,25,28). The van der Waals surface area contributed by atoms with Gasteiger partial charge in [0.15, 0.2) is 0 Å². The Morgan fingerprint density at radius 1 is 1.07 bits per heavy atom. The number of fused-ring (bicyclic) bond motifs is 2. The first-order valence-corrected chi connectivity index (χ1v) is 8.74. The maximum absolute atomic E-state index is 12.0. The summed E-state index contributed by atoms with van der Waals surface area (Å²) in [6, 6.07) is 13.1. The summed E-state index contributed by atoms with van der Waals surface area (Å²) in [7, 11) is 1.60. The van der Waals surface area contributed by atoms with Gasteiger partial charge >= 0.3 is 5.69 Å². The molecule has 1 amide bonds. The molecule has 0 saturated carbocycles. The van der Waals surface area contributed by atoms with E-state index in [-0.39, 0.29) is 11.6 Å². The second-order valence-electron chi connectivity index (χ2n) is 6.46. The Kier molecular flexibility index (Phi) is 3.45. The predicted molar refractivity (Wildman–Crippen MR) is 107 cm³/mol. The van der Waals surface area contributed by atoms with E-state index < -0.39 is 0 Å². The maximum Gasteiger partial charge on any atom is 0.323 e. The number of amides is 1. The molecule has 5 rings (SSSR count). The Balaban J connectivity index is 1.80. The van der Waals surface area contributed by atoms with Crippen LogP contribution in [0.2, 0.25) is 0 Å². The van der Waals surface area contributed by atoms with E-state index in [2.05, 4.69) is 20.3 Å². The molecule has 0 spiro atoms. The highest BCUT2D eigenvalue weighted by Gasteiger charge is 2.17. The quantitative estimate of drug-likeness (QED) is 0.390. The van der Waals surface area contributed by atoms with Gasteiger partial charge in [-0.05, 0) is 42.5 Å². The van der Waals surface area contributed by atoms with Gasteiger partial charge in [-0.2, -0.15) is 0 Å². The Morgan fingerprint density at radius 2 is 1.93 bits per heavy atom. The lowest BCUT2D eigenvalue weighted by atomic mass is 10.2. The normalized spacial score (nSPS) is 11.3. The highest BCUT2D eigenvalue weighted by molar-refractivity contribution is 5.98. The van der Waals surface area contributed by atoms with Crippen molar-refractivity contribution in [1.29, 1.82) is 0 Å². The monoisotopic (exact) mass is 372 g/mol. The number of hydrogen-bond acceptors (Lipinski definition) is 3. The summed E-state index contributed by atoms with van der Waals surface area (Å²) in [6.45, 7) is 0. The van der Waals surface area contributed by atoms with Crippen molar-refractivity contribution in [3.63, 3.8) is 0 Å². The molecule has 138 valence electrons. The van der Waals surface area contributed by atoms with Gasteiger partial charge in [0, 0.05) is 36.3 Å². The summed E-state index contributed by atoms with van der Waals surface area (Å²) in [5, 5.41) is 2.63. The average Bonchev–Trinajstić information content (AvgIpc) is 3.42. The molecule has 2 aromatic carbocycles. The molecule has 3 aromatic heterocycles. The molecule has 0 aliphatic carbocycles. The third kappa shape index (κ3) is 2.43. The molecule has 3 heterocycles. The molecular formula is C20H16N6O2. The van der Waals surface area contributed by atoms with Crippen LogP contribution < -0.4 is 11.0 Å². The molecular weight excluding hydrogens is 356 g/mol. The van der Waals surface area contributed by atoms with Gasteiger partial charge in [-0.1, -0.05) is 0 Å². The summed E-state index contributed by atoms with van der Waals surface area (Å²) >= 11 is 0. The van der Waals surface area contributed by atoms with Crippen LogP contribution in [0.25, 0.3) is 39.1 Å². The second kappa shape index (κ2) is 5.98. The Bertz CT molecular complexity index is 1390. The van der Waals surface area contributed by atoms with Crippen molar-refractivity contribution in [2.75, 3.05) is 7.05 Å². The first-order chi connectivity index (χ1) is 13.6. The van der Waals surface area contributed by atoms with Crippen molar-refractivity contribution in [2.45, 2.75) is 0 Å². The van der Waals surface area contributed by atoms with Crippen LogP contribution in [-0.4, -0.2) is 37.5 Å². The summed E-state index contributed by atoms with van der Waals surface area (Å²) in [4.78, 5) is 37.0. The lowest BCUT2D eigenvalue weighted by molar-refractivity contribution is 0.0963. The van der Waals surface area contributed by atoms with E-state index in [0.29, 0.717) is 16.6 Å². The molecule has 0 aliphatic rings. The Labute approximate surface area is 158 Å². The first-order valence-electron chi connectivity index (χ1n) is 8.74. The zero-order chi connectivity index (χ0) is 19.3. The number of rotatable bonds is 3. The Morgan fingerprint density at radius 3 is 2.71 bits per heavy atom. The van der Waals surface area contributed by atoms with Crippen molar-refractivity contribution in [3.05, 3.63) is 70.9 Å². The fourth-order valence-electron chi connectivity index (χ4n) is 3.44. The molecule has 0 radical (unpaired) electrons. The number of carbonyl (C=O) groups is 1. The number of nitrogens with one attached hydrogen (secondary N) is 4. The van der Waals surface area contributed by atoms with Gasteiger partial charge in [-0.3, -0.25) is 9.36 Å². The van der Waals surface area contributed by atoms with Gasteiger partial charge in [0.05, 0.1) is 22.1 Å². The second-order valence-corrected chi connectivity index (χ2v) is 6.46. The lowest BCUT2D eigenvalue weighted by Crippen LogP contribution is -2.17. The highest BCUT2D eigenvalue weighted by atomic mass is 16.1. The zero-order valence-electron chi connectivity index (χ0n) is 14.9. The number of carbonyl (C=O) groups excluding carboxylic acids is 1. The van der Waals surface area contributed by atoms with Crippen LogP contribution in [0.5, 0.6) is 0 Å². The van der Waals surface area contributed by atoms with Crippen molar-refractivity contribution >= 4 is 28.0 Å². The smallest absolute Gasteiger partial charge is 0.323 e. The van der Waals surface area contributed by atoms with Crippen LogP contribution in [0, 0.1) is 0 Å². The maximum atomic E-state index is 12.0. The third-order valence-electron chi connectivity index (χ3n) is 4.76. The zero-order valence-corrected chi connectivity index (χ0v) is 14.9. The van der Waals surface area contributed by atoms with Crippen LogP contribution in [0.1, 0.15) is 10.4 Å². The molecule has 0 unspecified atom stereocenters. The van der Waals surface area contributed by atoms with Crippen molar-refractivity contribution in [3.8, 4) is 17.1 Å². The summed E-state index contributed by atoms with van der Waals surface area (Å²) < 4.78 is 2.01. The first kappa shape index (κ1) is 16.1. The molecule has 0 saturated heterocycles. The van der Waals surface area contributed by atoms with E-state index in [1.807, 2.05) is 47.3 Å². The van der Waals surface area contributed by atoms with Crippen LogP contribution in [0.4, 0.5) is 0 Å². The van der Waals surface area contributed by atoms with Gasteiger partial charge in [0.1, 0.15) is 5.82 Å². The van der Waals surface area contributed by atoms with E-state index in [4.69, 9.17) is 4.98 Å². The summed E-state index contributed by atoms with van der Waals surface area (Å²) in [5.74, 6) is 0.577. The van der Waals surface area contributed by atoms with Crippen LogP contribution in [-0.2, 0) is 0 Å². The summed E-state index contributed by atoms with van der Waals surface area (Å²) in [6.07, 6.45) is 3.70. The third-order valence-corrected chi connectivity index (χ3v) is 4.76. The minimum absolute atomic E-state index is 0.161. The largest absolute Gasteiger partial charge is 0.367 e. The molecule has 0 bridgehead atoms. The van der Waals surface area contributed by atoms with E-state index in [0.717, 1.165) is 28.1 Å². The number of aromatic amines is 3. The molecule has 8 nitrogen and oxygen atoms in total. The van der Waals surface area contributed by atoms with E-state index in [9.17, 15) is 9.59 Å². The van der Waals surface area contributed by atoms with Crippen LogP contribution in [0.15, 0.2) is 59.7 Å². The van der Waals surface area contributed by atoms with Gasteiger partial charge in [-0.25, -0.2) is 9.78 Å². The number of nitrogens with zero attached hydrogens (tertiary/aromatic N) is 2. The van der Waals surface area contributed by atoms with Crippen LogP contribution in [0.3, 0.4) is 0 Å². The predicted octanol–water partition coefficient (Wildman–Crippen LogP) is 2.55. The van der Waals surface area contributed by atoms with Crippen LogP contribution >= 0.6 is 0 Å². The summed E-state index contributed by atoms with van der Waals surface area (Å²) in [5.41, 5.74) is 5.10. The van der Waals surface area contributed by atoms with Crippen molar-refractivity contribution in [2.24, 2.45) is 0 Å². The molecule has 28 heavy (non-hydrogen) atoms. The van der Waals surface area contributed by atoms with Gasteiger partial charge in [0.25, 0.3) is 5.91 Å². The number of hydrogen-bond donors (Lipinski definition) is 4. The number of imidazole rings is 2. The molecule has 4 N–H and O–H groups in total. The number of aromatic nitrogens is 5. The molecule has 0 aliphatic heterocycles. The van der Waals surface area contributed by atoms with Crippen molar-refractivity contribution in [1.82, 2.24) is 29.8 Å². The van der Waals surface area contributed by atoms with Gasteiger partial charge in [-0.15, -0.1) is 0 Å². The van der Waals surface area contributed by atoms with E-state index in [1.54, 1.807) is 19.2 Å². The fraction of sp³-hybridized carbons (Fsp3) is 0.0500. The van der Waals surface area contributed by atoms with E-state index in [1.165, 1.54) is 0 Å². The van der Waals surface area contributed by atoms with Crippen molar-refractivity contribution < 1.29 is 4.79 Å². The molecule has 5 aromatic rings. The Hall–Kier alpha value is -4.07. The number of H-pyrrole nitrogens is 3.